The van der Waals surface area contributed by atoms with Gasteiger partial charge in [-0.1, -0.05) is 18.2 Å². The number of ether oxygens (including phenoxy) is 1. The van der Waals surface area contributed by atoms with E-state index in [1.54, 1.807) is 24.5 Å². The minimum Gasteiger partial charge on any atom is -0.381 e. The van der Waals surface area contributed by atoms with Crippen molar-refractivity contribution in [2.75, 3.05) is 36.9 Å². The van der Waals surface area contributed by atoms with E-state index in [9.17, 15) is 4.79 Å². The van der Waals surface area contributed by atoms with Gasteiger partial charge in [0.1, 0.15) is 23.2 Å². The molecule has 0 spiro atoms. The summed E-state index contributed by atoms with van der Waals surface area (Å²) in [5.74, 6) is 2.61. The Kier molecular flexibility index (Phi) is 8.72. The van der Waals surface area contributed by atoms with Crippen molar-refractivity contribution < 1.29 is 9.53 Å². The molecular weight excluding hydrogens is 528 g/mol. The lowest BCUT2D eigenvalue weighted by Crippen LogP contribution is -2.45. The van der Waals surface area contributed by atoms with Gasteiger partial charge in [-0.05, 0) is 87.7 Å². The van der Waals surface area contributed by atoms with Gasteiger partial charge in [0, 0.05) is 55.4 Å². The third kappa shape index (κ3) is 7.13. The van der Waals surface area contributed by atoms with Crippen LogP contribution in [0, 0.1) is 12.8 Å². The molecule has 42 heavy (non-hydrogen) atoms. The van der Waals surface area contributed by atoms with E-state index in [-0.39, 0.29) is 11.8 Å². The molecule has 6 rings (SSSR count). The predicted molar refractivity (Wildman–Crippen MR) is 161 cm³/mol. The number of rotatable bonds is 8. The first kappa shape index (κ1) is 27.9. The molecule has 1 amide bonds. The maximum atomic E-state index is 13.1. The van der Waals surface area contributed by atoms with E-state index in [1.165, 1.54) is 0 Å². The van der Waals surface area contributed by atoms with Gasteiger partial charge in [-0.15, -0.1) is 0 Å². The Bertz CT molecular complexity index is 1520. The Morgan fingerprint density at radius 2 is 1.67 bits per heavy atom. The zero-order valence-corrected chi connectivity index (χ0v) is 23.9. The molecule has 3 aromatic heterocycles. The van der Waals surface area contributed by atoms with Crippen LogP contribution in [0.2, 0.25) is 0 Å². The van der Waals surface area contributed by atoms with Crippen LogP contribution in [0.15, 0.2) is 67.0 Å². The number of piperidine rings is 1. The summed E-state index contributed by atoms with van der Waals surface area (Å²) < 4.78 is 5.51. The zero-order valence-electron chi connectivity index (χ0n) is 23.9. The van der Waals surface area contributed by atoms with E-state index in [0.29, 0.717) is 35.7 Å². The van der Waals surface area contributed by atoms with Crippen LogP contribution < -0.4 is 10.6 Å². The van der Waals surface area contributed by atoms with E-state index in [2.05, 4.69) is 35.5 Å². The van der Waals surface area contributed by atoms with E-state index in [0.717, 1.165) is 74.6 Å². The summed E-state index contributed by atoms with van der Waals surface area (Å²) >= 11 is 0. The molecule has 1 aromatic carbocycles. The van der Waals surface area contributed by atoms with Crippen LogP contribution >= 0.6 is 0 Å². The molecule has 5 heterocycles. The average molecular weight is 565 g/mol. The normalized spacial score (nSPS) is 16.7. The van der Waals surface area contributed by atoms with Crippen molar-refractivity contribution in [3.63, 3.8) is 0 Å². The Hall–Kier alpha value is -4.28. The number of hydrogen-bond donors (Lipinski definition) is 2. The second-order valence-electron chi connectivity index (χ2n) is 10.9. The van der Waals surface area contributed by atoms with Crippen molar-refractivity contribution in [2.45, 2.75) is 45.1 Å². The second-order valence-corrected chi connectivity index (χ2v) is 10.9. The van der Waals surface area contributed by atoms with Crippen molar-refractivity contribution in [2.24, 2.45) is 5.92 Å². The summed E-state index contributed by atoms with van der Waals surface area (Å²) in [4.78, 5) is 38.3. The maximum Gasteiger partial charge on any atom is 0.227 e. The minimum atomic E-state index is 0.0415. The number of aromatic nitrogens is 5. The number of amides is 1. The van der Waals surface area contributed by atoms with Crippen LogP contribution in [0.25, 0.3) is 11.5 Å². The monoisotopic (exact) mass is 564 g/mol. The number of aryl methyl sites for hydroxylation is 1. The van der Waals surface area contributed by atoms with Gasteiger partial charge in [0.15, 0.2) is 5.82 Å². The lowest BCUT2D eigenvalue weighted by Gasteiger charge is -2.38. The van der Waals surface area contributed by atoms with Crippen molar-refractivity contribution in [3.8, 4) is 11.5 Å². The van der Waals surface area contributed by atoms with Crippen LogP contribution in [0.1, 0.15) is 42.8 Å². The number of hydrogen-bond acceptors (Lipinski definition) is 9. The van der Waals surface area contributed by atoms with Crippen molar-refractivity contribution in [1.82, 2.24) is 29.8 Å². The molecule has 2 aliphatic rings. The maximum absolute atomic E-state index is 13.1. The highest BCUT2D eigenvalue weighted by molar-refractivity contribution is 5.92. The van der Waals surface area contributed by atoms with Crippen LogP contribution in [-0.4, -0.2) is 68.1 Å². The van der Waals surface area contributed by atoms with Gasteiger partial charge in [0.05, 0.1) is 0 Å². The molecule has 4 aromatic rings. The van der Waals surface area contributed by atoms with Gasteiger partial charge in [0.25, 0.3) is 0 Å². The van der Waals surface area contributed by atoms with Crippen LogP contribution in [0.3, 0.4) is 0 Å². The molecule has 216 valence electrons. The zero-order chi connectivity index (χ0) is 28.7. The van der Waals surface area contributed by atoms with E-state index in [1.807, 2.05) is 49.4 Å². The fourth-order valence-electron chi connectivity index (χ4n) is 5.67. The van der Waals surface area contributed by atoms with Gasteiger partial charge >= 0.3 is 0 Å². The number of benzene rings is 1. The van der Waals surface area contributed by atoms with Crippen LogP contribution in [-0.2, 0) is 16.0 Å². The molecule has 2 fully saturated rings. The highest BCUT2D eigenvalue weighted by Crippen LogP contribution is 2.25. The van der Waals surface area contributed by atoms with Gasteiger partial charge in [-0.25, -0.2) is 24.9 Å². The molecule has 2 aliphatic heterocycles. The third-order valence-corrected chi connectivity index (χ3v) is 7.90. The molecule has 0 aliphatic carbocycles. The highest BCUT2D eigenvalue weighted by Gasteiger charge is 2.29. The summed E-state index contributed by atoms with van der Waals surface area (Å²) in [6, 6.07) is 17.9. The molecule has 10 nitrogen and oxygen atoms in total. The van der Waals surface area contributed by atoms with Gasteiger partial charge in [-0.3, -0.25) is 4.79 Å². The highest BCUT2D eigenvalue weighted by atomic mass is 16.5. The number of nitrogens with one attached hydrogen (secondary N) is 2. The van der Waals surface area contributed by atoms with E-state index in [4.69, 9.17) is 9.72 Å². The molecule has 0 atom stereocenters. The molecular formula is C32H36N8O2. The Balaban J connectivity index is 1.05. The van der Waals surface area contributed by atoms with Gasteiger partial charge in [-0.2, -0.15) is 0 Å². The number of carbonyl (C=O) groups is 1. The lowest BCUT2D eigenvalue weighted by atomic mass is 9.93. The number of anilines is 3. The molecule has 2 N–H and O–H groups in total. The lowest BCUT2D eigenvalue weighted by molar-refractivity contribution is -0.121. The summed E-state index contributed by atoms with van der Waals surface area (Å²) in [7, 11) is 0. The van der Waals surface area contributed by atoms with Crippen molar-refractivity contribution in [1.29, 1.82) is 0 Å². The van der Waals surface area contributed by atoms with Crippen LogP contribution in [0.5, 0.6) is 0 Å². The third-order valence-electron chi connectivity index (χ3n) is 7.90. The number of nitrogens with zero attached hydrogens (tertiary/aromatic N) is 6. The molecule has 0 radical (unpaired) electrons. The van der Waals surface area contributed by atoms with Gasteiger partial charge < -0.3 is 20.3 Å². The fraction of sp³-hybridized carbons (Fsp3) is 0.375. The summed E-state index contributed by atoms with van der Waals surface area (Å²) in [5, 5.41) is 6.40. The largest absolute Gasteiger partial charge is 0.381 e. The van der Waals surface area contributed by atoms with Crippen molar-refractivity contribution in [3.05, 3.63) is 84.1 Å². The first-order chi connectivity index (χ1) is 20.6. The number of carbonyl (C=O) groups excluding carboxylic acids is 1. The summed E-state index contributed by atoms with van der Waals surface area (Å²) in [5.41, 5.74) is 3.45. The number of pyridine rings is 1. The second kappa shape index (κ2) is 13.1. The standard InChI is InChI=1S/C32H36N8O2/c1-22-4-2-7-27(35-22)31-34-15-9-29(39-31)37-28-8-14-33-30(38-28)21-23-5-3-6-25(20-23)36-32(41)24-10-16-40(17-11-24)26-12-18-42-19-13-26/h2-9,14-15,20,24,26H,10-13,16-19,21H2,1H3,(H,36,41)(H,33,34,37,38,39). The Labute approximate surface area is 246 Å². The van der Waals surface area contributed by atoms with Gasteiger partial charge in [0.2, 0.25) is 5.91 Å². The Morgan fingerprint density at radius 1 is 0.905 bits per heavy atom. The Morgan fingerprint density at radius 3 is 2.48 bits per heavy atom. The molecule has 0 saturated carbocycles. The predicted octanol–water partition coefficient (Wildman–Crippen LogP) is 4.80. The minimum absolute atomic E-state index is 0.0415. The number of likely N-dealkylation sites (tertiary alicyclic amines) is 1. The summed E-state index contributed by atoms with van der Waals surface area (Å²) in [6.45, 7) is 5.59. The fourth-order valence-corrected chi connectivity index (χ4v) is 5.67. The SMILES string of the molecule is Cc1cccc(-c2nccc(Nc3ccnc(Cc4cccc(NC(=O)C5CCN(C6CCOCC6)CC5)c4)n3)n2)n1. The van der Waals surface area contributed by atoms with Crippen LogP contribution in [0.4, 0.5) is 17.3 Å². The smallest absolute Gasteiger partial charge is 0.227 e. The van der Waals surface area contributed by atoms with E-state index < -0.39 is 0 Å². The topological polar surface area (TPSA) is 118 Å². The first-order valence-corrected chi connectivity index (χ1v) is 14.7. The van der Waals surface area contributed by atoms with Crippen molar-refractivity contribution >= 4 is 23.2 Å². The quantitative estimate of drug-likeness (QED) is 0.311. The molecule has 0 bridgehead atoms. The summed E-state index contributed by atoms with van der Waals surface area (Å²) in [6.07, 6.45) is 7.95. The molecule has 0 unspecified atom stereocenters. The molecule has 2 saturated heterocycles. The van der Waals surface area contributed by atoms with E-state index >= 15 is 0 Å². The molecule has 10 heteroatoms. The first-order valence-electron chi connectivity index (χ1n) is 14.7. The average Bonchev–Trinajstić information content (AvgIpc) is 3.02.